The van der Waals surface area contributed by atoms with Crippen LogP contribution in [0.4, 0.5) is 0 Å². The molecule has 0 heterocycles. The van der Waals surface area contributed by atoms with E-state index in [1.165, 1.54) is 25.7 Å². The van der Waals surface area contributed by atoms with Gasteiger partial charge in [-0.1, -0.05) is 27.2 Å². The van der Waals surface area contributed by atoms with Gasteiger partial charge in [0, 0.05) is 12.6 Å². The third-order valence-corrected chi connectivity index (χ3v) is 4.91. The van der Waals surface area contributed by atoms with Crippen LogP contribution in [0.15, 0.2) is 0 Å². The number of hydrogen-bond donors (Lipinski definition) is 1. The fourth-order valence-electron chi connectivity index (χ4n) is 3.27. The third kappa shape index (κ3) is 4.55. The lowest BCUT2D eigenvalue weighted by Gasteiger charge is -2.38. The Balaban J connectivity index is 2.47. The van der Waals surface area contributed by atoms with E-state index in [-0.39, 0.29) is 6.10 Å². The van der Waals surface area contributed by atoms with Crippen LogP contribution in [-0.2, 0) is 0 Å². The molecule has 1 N–H and O–H groups in total. The van der Waals surface area contributed by atoms with E-state index in [2.05, 4.69) is 39.6 Å². The van der Waals surface area contributed by atoms with Gasteiger partial charge in [0.2, 0.25) is 0 Å². The first-order chi connectivity index (χ1) is 8.45. The molecule has 18 heavy (non-hydrogen) atoms. The zero-order valence-corrected chi connectivity index (χ0v) is 13.0. The van der Waals surface area contributed by atoms with Crippen LogP contribution in [-0.4, -0.2) is 35.7 Å². The maximum absolute atomic E-state index is 10.2. The molecule has 2 nitrogen and oxygen atoms in total. The summed E-state index contributed by atoms with van der Waals surface area (Å²) in [6.07, 6.45) is 5.85. The second-order valence-corrected chi connectivity index (χ2v) is 6.72. The van der Waals surface area contributed by atoms with Crippen molar-refractivity contribution < 1.29 is 5.11 Å². The van der Waals surface area contributed by atoms with Crippen molar-refractivity contribution in [1.29, 1.82) is 0 Å². The van der Waals surface area contributed by atoms with Gasteiger partial charge in [-0.25, -0.2) is 0 Å². The van der Waals surface area contributed by atoms with Gasteiger partial charge in [-0.3, -0.25) is 0 Å². The second-order valence-electron chi connectivity index (χ2n) is 6.72. The molecule has 4 unspecified atom stereocenters. The molecular weight excluding hydrogens is 222 g/mol. The minimum Gasteiger partial charge on any atom is -0.393 e. The molecular formula is C16H33NO. The van der Waals surface area contributed by atoms with Crippen molar-refractivity contribution >= 4 is 0 Å². The lowest BCUT2D eigenvalue weighted by Crippen LogP contribution is -2.41. The molecule has 108 valence electrons. The summed E-state index contributed by atoms with van der Waals surface area (Å²) < 4.78 is 0. The Hall–Kier alpha value is -0.0800. The highest BCUT2D eigenvalue weighted by Gasteiger charge is 2.31. The summed E-state index contributed by atoms with van der Waals surface area (Å²) in [5.41, 5.74) is 0. The fraction of sp³-hybridized carbons (Fsp3) is 1.00. The van der Waals surface area contributed by atoms with Gasteiger partial charge in [-0.2, -0.15) is 0 Å². The molecule has 0 aliphatic heterocycles. The van der Waals surface area contributed by atoms with E-state index in [4.69, 9.17) is 0 Å². The Kier molecular flexibility index (Phi) is 6.65. The van der Waals surface area contributed by atoms with Crippen molar-refractivity contribution in [1.82, 2.24) is 4.90 Å². The van der Waals surface area contributed by atoms with Crippen LogP contribution in [0, 0.1) is 17.8 Å². The average Bonchev–Trinajstić information content (AvgIpc) is 2.31. The Morgan fingerprint density at radius 1 is 1.22 bits per heavy atom. The second kappa shape index (κ2) is 7.49. The molecule has 1 rings (SSSR count). The van der Waals surface area contributed by atoms with Gasteiger partial charge >= 0.3 is 0 Å². The van der Waals surface area contributed by atoms with Gasteiger partial charge in [-0.15, -0.1) is 0 Å². The summed E-state index contributed by atoms with van der Waals surface area (Å²) in [5, 5.41) is 10.2. The minimum absolute atomic E-state index is 0.0729. The van der Waals surface area contributed by atoms with Crippen LogP contribution in [0.2, 0.25) is 0 Å². The summed E-state index contributed by atoms with van der Waals surface area (Å²) in [4.78, 5) is 2.44. The standard InChI is InChI=1S/C16H33NO/c1-6-7-13(4)17(5)11-15-10-14(12(2)3)8-9-16(15)18/h12-16,18H,6-11H2,1-5H3. The number of aliphatic hydroxyl groups excluding tert-OH is 1. The molecule has 2 heteroatoms. The van der Waals surface area contributed by atoms with Crippen LogP contribution >= 0.6 is 0 Å². The normalized spacial score (nSPS) is 31.0. The maximum atomic E-state index is 10.2. The smallest absolute Gasteiger partial charge is 0.0580 e. The van der Waals surface area contributed by atoms with Gasteiger partial charge in [0.1, 0.15) is 0 Å². The minimum atomic E-state index is -0.0729. The monoisotopic (exact) mass is 255 g/mol. The molecule has 0 amide bonds. The molecule has 0 aromatic carbocycles. The first kappa shape index (κ1) is 16.0. The average molecular weight is 255 g/mol. The molecule has 0 radical (unpaired) electrons. The Labute approximate surface area is 114 Å². The van der Waals surface area contributed by atoms with E-state index >= 15 is 0 Å². The summed E-state index contributed by atoms with van der Waals surface area (Å²) in [6, 6.07) is 0.640. The molecule has 0 saturated heterocycles. The zero-order valence-electron chi connectivity index (χ0n) is 13.0. The molecule has 0 aromatic rings. The number of nitrogens with zero attached hydrogens (tertiary/aromatic N) is 1. The van der Waals surface area contributed by atoms with Crippen LogP contribution in [0.1, 0.15) is 59.8 Å². The topological polar surface area (TPSA) is 23.5 Å². The van der Waals surface area contributed by atoms with Gasteiger partial charge in [0.25, 0.3) is 0 Å². The first-order valence-electron chi connectivity index (χ1n) is 7.84. The summed E-state index contributed by atoms with van der Waals surface area (Å²) >= 11 is 0. The lowest BCUT2D eigenvalue weighted by molar-refractivity contribution is 0.0167. The van der Waals surface area contributed by atoms with Crippen LogP contribution in [0.25, 0.3) is 0 Å². The van der Waals surface area contributed by atoms with Gasteiger partial charge < -0.3 is 10.0 Å². The van der Waals surface area contributed by atoms with Gasteiger partial charge in [0.05, 0.1) is 6.10 Å². The van der Waals surface area contributed by atoms with E-state index in [0.717, 1.165) is 24.8 Å². The molecule has 0 aromatic heterocycles. The molecule has 0 spiro atoms. The Morgan fingerprint density at radius 2 is 1.89 bits per heavy atom. The highest BCUT2D eigenvalue weighted by molar-refractivity contribution is 4.83. The summed E-state index contributed by atoms with van der Waals surface area (Å²) in [6.45, 7) is 10.3. The third-order valence-electron chi connectivity index (χ3n) is 4.91. The molecule has 1 fully saturated rings. The first-order valence-corrected chi connectivity index (χ1v) is 7.84. The van der Waals surface area contributed by atoms with E-state index in [9.17, 15) is 5.11 Å². The van der Waals surface area contributed by atoms with Crippen LogP contribution in [0.5, 0.6) is 0 Å². The van der Waals surface area contributed by atoms with Crippen molar-refractivity contribution in [2.45, 2.75) is 71.9 Å². The molecule has 1 aliphatic rings. The van der Waals surface area contributed by atoms with Crippen molar-refractivity contribution in [3.63, 3.8) is 0 Å². The van der Waals surface area contributed by atoms with Crippen LogP contribution in [0.3, 0.4) is 0 Å². The predicted molar refractivity (Wildman–Crippen MR) is 78.7 cm³/mol. The highest BCUT2D eigenvalue weighted by Crippen LogP contribution is 2.34. The van der Waals surface area contributed by atoms with E-state index in [0.29, 0.717) is 12.0 Å². The lowest BCUT2D eigenvalue weighted by atomic mass is 9.74. The molecule has 1 saturated carbocycles. The van der Waals surface area contributed by atoms with Gasteiger partial charge in [-0.05, 0) is 57.4 Å². The van der Waals surface area contributed by atoms with Crippen molar-refractivity contribution in [2.75, 3.05) is 13.6 Å². The van der Waals surface area contributed by atoms with Gasteiger partial charge in [0.15, 0.2) is 0 Å². The molecule has 4 atom stereocenters. The number of hydrogen-bond acceptors (Lipinski definition) is 2. The molecule has 1 aliphatic carbocycles. The highest BCUT2D eigenvalue weighted by atomic mass is 16.3. The Morgan fingerprint density at radius 3 is 2.44 bits per heavy atom. The quantitative estimate of drug-likeness (QED) is 0.784. The number of aliphatic hydroxyl groups is 1. The van der Waals surface area contributed by atoms with E-state index < -0.39 is 0 Å². The Bertz CT molecular complexity index is 229. The summed E-state index contributed by atoms with van der Waals surface area (Å²) in [5.74, 6) is 2.06. The van der Waals surface area contributed by atoms with Crippen molar-refractivity contribution in [3.8, 4) is 0 Å². The number of rotatable bonds is 6. The maximum Gasteiger partial charge on any atom is 0.0580 e. The van der Waals surface area contributed by atoms with Crippen LogP contribution < -0.4 is 0 Å². The largest absolute Gasteiger partial charge is 0.393 e. The molecule has 0 bridgehead atoms. The summed E-state index contributed by atoms with van der Waals surface area (Å²) in [7, 11) is 2.21. The van der Waals surface area contributed by atoms with E-state index in [1.807, 2.05) is 0 Å². The SMILES string of the molecule is CCCC(C)N(C)CC1CC(C(C)C)CCC1O. The fourth-order valence-corrected chi connectivity index (χ4v) is 3.27. The zero-order chi connectivity index (χ0) is 13.7. The van der Waals surface area contributed by atoms with Crippen molar-refractivity contribution in [3.05, 3.63) is 0 Å². The van der Waals surface area contributed by atoms with Crippen molar-refractivity contribution in [2.24, 2.45) is 17.8 Å². The van der Waals surface area contributed by atoms with E-state index in [1.54, 1.807) is 0 Å². The predicted octanol–water partition coefficient (Wildman–Crippen LogP) is 3.54.